The first-order chi connectivity index (χ1) is 20.2. The van der Waals surface area contributed by atoms with E-state index in [0.29, 0.717) is 18.0 Å². The first-order valence-corrected chi connectivity index (χ1v) is 16.4. The number of ether oxygens (including phenoxy) is 2. The number of carbonyl (C=O) groups excluding carboxylic acids is 2. The summed E-state index contributed by atoms with van der Waals surface area (Å²) in [5.74, 6) is -0.105. The van der Waals surface area contributed by atoms with Crippen molar-refractivity contribution < 1.29 is 27.5 Å². The molecular formula is C31H36BrN3O6S. The van der Waals surface area contributed by atoms with Crippen LogP contribution >= 0.6 is 15.9 Å². The maximum Gasteiger partial charge on any atom is 0.244 e. The average molecular weight is 659 g/mol. The quantitative estimate of drug-likeness (QED) is 0.248. The van der Waals surface area contributed by atoms with Crippen molar-refractivity contribution in [3.8, 4) is 11.5 Å². The molecule has 0 saturated carbocycles. The molecule has 3 aromatic rings. The molecule has 9 nitrogen and oxygen atoms in total. The SMILES string of the molecule is CCCCNC(=O)[C@H](Cc1ccccc1)N(Cc1cccc(Br)c1)C(=O)CN(c1ccc2c(c1)OCO2)S(=O)(=O)CC. The third kappa shape index (κ3) is 8.04. The lowest BCUT2D eigenvalue weighted by Crippen LogP contribution is -2.53. The van der Waals surface area contributed by atoms with Crippen molar-refractivity contribution >= 4 is 43.5 Å². The second-order valence-electron chi connectivity index (χ2n) is 9.95. The number of rotatable bonds is 14. The lowest BCUT2D eigenvalue weighted by molar-refractivity contribution is -0.140. The van der Waals surface area contributed by atoms with Gasteiger partial charge in [-0.1, -0.05) is 71.7 Å². The van der Waals surface area contributed by atoms with Gasteiger partial charge in [-0.3, -0.25) is 13.9 Å². The van der Waals surface area contributed by atoms with E-state index in [1.54, 1.807) is 18.2 Å². The molecule has 42 heavy (non-hydrogen) atoms. The summed E-state index contributed by atoms with van der Waals surface area (Å²) in [7, 11) is -3.88. The maximum absolute atomic E-state index is 14.3. The molecule has 0 radical (unpaired) electrons. The summed E-state index contributed by atoms with van der Waals surface area (Å²) in [4.78, 5) is 29.4. The zero-order chi connectivity index (χ0) is 30.1. The fourth-order valence-corrected chi connectivity index (χ4v) is 6.15. The summed E-state index contributed by atoms with van der Waals surface area (Å²) in [6, 6.07) is 20.9. The molecule has 0 aromatic heterocycles. The summed E-state index contributed by atoms with van der Waals surface area (Å²) in [5, 5.41) is 2.99. The van der Waals surface area contributed by atoms with Crippen molar-refractivity contribution in [3.63, 3.8) is 0 Å². The molecule has 11 heteroatoms. The van der Waals surface area contributed by atoms with Crippen LogP contribution < -0.4 is 19.1 Å². The molecule has 224 valence electrons. The fourth-order valence-electron chi connectivity index (χ4n) is 4.65. The summed E-state index contributed by atoms with van der Waals surface area (Å²) < 4.78 is 39.4. The summed E-state index contributed by atoms with van der Waals surface area (Å²) >= 11 is 3.49. The highest BCUT2D eigenvalue weighted by atomic mass is 79.9. The topological polar surface area (TPSA) is 105 Å². The summed E-state index contributed by atoms with van der Waals surface area (Å²) in [5.41, 5.74) is 1.96. The van der Waals surface area contributed by atoms with E-state index in [0.717, 1.165) is 32.7 Å². The fraction of sp³-hybridized carbons (Fsp3) is 0.355. The molecule has 1 N–H and O–H groups in total. The Balaban J connectivity index is 1.73. The van der Waals surface area contributed by atoms with Crippen LogP contribution in [0.4, 0.5) is 5.69 Å². The van der Waals surface area contributed by atoms with E-state index in [-0.39, 0.29) is 37.1 Å². The van der Waals surface area contributed by atoms with E-state index in [9.17, 15) is 18.0 Å². The van der Waals surface area contributed by atoms with Crippen molar-refractivity contribution in [1.29, 1.82) is 0 Å². The first-order valence-electron chi connectivity index (χ1n) is 14.0. The molecule has 0 aliphatic carbocycles. The minimum atomic E-state index is -3.88. The zero-order valence-electron chi connectivity index (χ0n) is 23.8. The molecule has 1 heterocycles. The van der Waals surface area contributed by atoms with Crippen LogP contribution in [0.15, 0.2) is 77.3 Å². The lowest BCUT2D eigenvalue weighted by Gasteiger charge is -2.34. The number of carbonyl (C=O) groups is 2. The monoisotopic (exact) mass is 657 g/mol. The third-order valence-electron chi connectivity index (χ3n) is 6.97. The van der Waals surface area contributed by atoms with Crippen LogP contribution in [-0.2, 0) is 32.6 Å². The number of nitrogens with one attached hydrogen (secondary N) is 1. The van der Waals surface area contributed by atoms with Crippen molar-refractivity contribution in [2.75, 3.05) is 29.9 Å². The standard InChI is InChI=1S/C31H36BrN3O6S/c1-3-5-16-33-31(37)27(18-23-10-7-6-8-11-23)34(20-24-12-9-13-25(32)17-24)30(36)21-35(42(38,39)4-2)26-14-15-28-29(19-26)41-22-40-28/h6-15,17,19,27H,3-5,16,18,20-22H2,1-2H3,(H,33,37)/t27-/m0/s1. The Morgan fingerprint density at radius 1 is 0.952 bits per heavy atom. The van der Waals surface area contributed by atoms with Gasteiger partial charge in [0, 0.05) is 30.0 Å². The van der Waals surface area contributed by atoms with Crippen molar-refractivity contribution in [3.05, 3.63) is 88.4 Å². The molecular weight excluding hydrogens is 622 g/mol. The highest BCUT2D eigenvalue weighted by Gasteiger charge is 2.34. The molecule has 2 amide bonds. The lowest BCUT2D eigenvalue weighted by atomic mass is 10.0. The van der Waals surface area contributed by atoms with Crippen LogP contribution in [0, 0.1) is 0 Å². The van der Waals surface area contributed by atoms with Crippen LogP contribution in [0.2, 0.25) is 0 Å². The van der Waals surface area contributed by atoms with E-state index in [1.807, 2.05) is 61.5 Å². The largest absolute Gasteiger partial charge is 0.454 e. The molecule has 0 unspecified atom stereocenters. The Morgan fingerprint density at radius 2 is 1.69 bits per heavy atom. The molecule has 1 aliphatic heterocycles. The van der Waals surface area contributed by atoms with E-state index >= 15 is 0 Å². The van der Waals surface area contributed by atoms with Gasteiger partial charge in [-0.25, -0.2) is 8.42 Å². The molecule has 0 saturated heterocycles. The number of amides is 2. The van der Waals surface area contributed by atoms with Crippen molar-refractivity contribution in [2.45, 2.75) is 45.7 Å². The second-order valence-corrected chi connectivity index (χ2v) is 13.0. The Morgan fingerprint density at radius 3 is 2.40 bits per heavy atom. The molecule has 0 fully saturated rings. The van der Waals surface area contributed by atoms with Gasteiger partial charge in [0.1, 0.15) is 12.6 Å². The van der Waals surface area contributed by atoms with E-state index < -0.39 is 28.5 Å². The Labute approximate surface area is 256 Å². The first kappa shape index (κ1) is 31.4. The maximum atomic E-state index is 14.3. The Hall–Kier alpha value is -3.57. The molecule has 0 bridgehead atoms. The molecule has 4 rings (SSSR count). The van der Waals surface area contributed by atoms with Crippen LogP contribution in [0.1, 0.15) is 37.8 Å². The number of anilines is 1. The Bertz CT molecular complexity index is 1480. The number of sulfonamides is 1. The highest BCUT2D eigenvalue weighted by Crippen LogP contribution is 2.36. The van der Waals surface area contributed by atoms with Gasteiger partial charge >= 0.3 is 0 Å². The van der Waals surface area contributed by atoms with Gasteiger partial charge in [0.2, 0.25) is 28.6 Å². The van der Waals surface area contributed by atoms with Crippen molar-refractivity contribution in [1.82, 2.24) is 10.2 Å². The second kappa shape index (κ2) is 14.6. The van der Waals surface area contributed by atoms with Gasteiger partial charge < -0.3 is 19.7 Å². The van der Waals surface area contributed by atoms with Gasteiger partial charge in [-0.05, 0) is 48.7 Å². The molecule has 1 aliphatic rings. The number of nitrogens with zero attached hydrogens (tertiary/aromatic N) is 2. The van der Waals surface area contributed by atoms with Gasteiger partial charge in [0.15, 0.2) is 11.5 Å². The van der Waals surface area contributed by atoms with E-state index in [1.165, 1.54) is 11.8 Å². The number of benzene rings is 3. The number of unbranched alkanes of at least 4 members (excludes halogenated alkanes) is 1. The predicted molar refractivity (Wildman–Crippen MR) is 166 cm³/mol. The molecule has 1 atom stereocenters. The molecule has 3 aromatic carbocycles. The smallest absolute Gasteiger partial charge is 0.244 e. The number of halogens is 1. The van der Waals surface area contributed by atoms with E-state index in [2.05, 4.69) is 21.2 Å². The van der Waals surface area contributed by atoms with Gasteiger partial charge in [-0.2, -0.15) is 0 Å². The minimum Gasteiger partial charge on any atom is -0.454 e. The van der Waals surface area contributed by atoms with Crippen LogP contribution in [-0.4, -0.2) is 56.8 Å². The van der Waals surface area contributed by atoms with Crippen LogP contribution in [0.5, 0.6) is 11.5 Å². The highest BCUT2D eigenvalue weighted by molar-refractivity contribution is 9.10. The van der Waals surface area contributed by atoms with Gasteiger partial charge in [0.05, 0.1) is 11.4 Å². The van der Waals surface area contributed by atoms with Crippen LogP contribution in [0.25, 0.3) is 0 Å². The summed E-state index contributed by atoms with van der Waals surface area (Å²) in [6.07, 6.45) is 1.97. The molecule has 0 spiro atoms. The summed E-state index contributed by atoms with van der Waals surface area (Å²) in [6.45, 7) is 3.70. The average Bonchev–Trinajstić information content (AvgIpc) is 3.46. The zero-order valence-corrected chi connectivity index (χ0v) is 26.2. The van der Waals surface area contributed by atoms with Gasteiger partial charge in [-0.15, -0.1) is 0 Å². The number of hydrogen-bond donors (Lipinski definition) is 1. The van der Waals surface area contributed by atoms with E-state index in [4.69, 9.17) is 9.47 Å². The normalized spacial score (nSPS) is 12.9. The van der Waals surface area contributed by atoms with Crippen LogP contribution in [0.3, 0.4) is 0 Å². The number of hydrogen-bond acceptors (Lipinski definition) is 6. The third-order valence-corrected chi connectivity index (χ3v) is 9.20. The minimum absolute atomic E-state index is 0.0347. The van der Waals surface area contributed by atoms with Crippen molar-refractivity contribution in [2.24, 2.45) is 0 Å². The van der Waals surface area contributed by atoms with Gasteiger partial charge in [0.25, 0.3) is 0 Å². The Kier molecular flexibility index (Phi) is 10.9. The number of fused-ring (bicyclic) bond motifs is 1. The predicted octanol–water partition coefficient (Wildman–Crippen LogP) is 4.89.